The molecule has 2 N–H and O–H groups in total. The van der Waals surface area contributed by atoms with Crippen LogP contribution in [0.1, 0.15) is 69.4 Å². The van der Waals surface area contributed by atoms with E-state index in [1.54, 1.807) is 0 Å². The van der Waals surface area contributed by atoms with Crippen LogP contribution in [0.2, 0.25) is 0 Å². The molecular weight excluding hydrogens is 314 g/mol. The Morgan fingerprint density at radius 1 is 1.40 bits per heavy atom. The summed E-state index contributed by atoms with van der Waals surface area (Å²) >= 11 is 0. The van der Waals surface area contributed by atoms with Gasteiger partial charge in [-0.2, -0.15) is 5.10 Å². The number of aromatic nitrogens is 3. The number of nitrogens with zero attached hydrogens (tertiary/aromatic N) is 3. The van der Waals surface area contributed by atoms with Crippen molar-refractivity contribution in [3.8, 4) is 0 Å². The number of carbonyl (C=O) groups is 1. The highest BCUT2D eigenvalue weighted by Gasteiger charge is 2.28. The van der Waals surface area contributed by atoms with Crippen molar-refractivity contribution in [1.29, 1.82) is 0 Å². The van der Waals surface area contributed by atoms with E-state index in [1.165, 1.54) is 31.3 Å². The van der Waals surface area contributed by atoms with Crippen LogP contribution >= 0.6 is 0 Å². The number of likely N-dealkylation sites (tertiary alicyclic amines) is 1. The Labute approximate surface area is 150 Å². The van der Waals surface area contributed by atoms with Gasteiger partial charge in [-0.3, -0.25) is 14.8 Å². The second kappa shape index (κ2) is 8.61. The molecule has 6 heteroatoms. The lowest BCUT2D eigenvalue weighted by molar-refractivity contribution is -0.126. The maximum Gasteiger partial charge on any atom is 0.237 e. The van der Waals surface area contributed by atoms with Crippen molar-refractivity contribution in [3.05, 3.63) is 23.3 Å². The van der Waals surface area contributed by atoms with Crippen LogP contribution < -0.4 is 5.32 Å². The van der Waals surface area contributed by atoms with E-state index in [0.29, 0.717) is 5.92 Å². The molecule has 2 heterocycles. The molecule has 1 aliphatic heterocycles. The zero-order valence-corrected chi connectivity index (χ0v) is 15.6. The molecule has 0 spiro atoms. The van der Waals surface area contributed by atoms with Crippen molar-refractivity contribution in [2.45, 2.75) is 70.8 Å². The summed E-state index contributed by atoms with van der Waals surface area (Å²) in [6.45, 7) is 6.58. The van der Waals surface area contributed by atoms with Crippen LogP contribution in [0.5, 0.6) is 0 Å². The van der Waals surface area contributed by atoms with Crippen LogP contribution in [0, 0.1) is 6.92 Å². The lowest BCUT2D eigenvalue weighted by atomic mass is 9.95. The maximum absolute atomic E-state index is 12.4. The fourth-order valence-electron chi connectivity index (χ4n) is 3.88. The first kappa shape index (κ1) is 18.1. The first-order valence-corrected chi connectivity index (χ1v) is 9.72. The Balaban J connectivity index is 1.40. The molecular formula is C19H31N5O. The van der Waals surface area contributed by atoms with Crippen molar-refractivity contribution in [2.24, 2.45) is 0 Å². The van der Waals surface area contributed by atoms with Gasteiger partial charge in [0.25, 0.3) is 0 Å². The number of hydrogen-bond donors (Lipinski definition) is 2. The zero-order chi connectivity index (χ0) is 17.6. The Bertz CT molecular complexity index is 601. The number of aromatic amines is 1. The summed E-state index contributed by atoms with van der Waals surface area (Å²) in [5.41, 5.74) is 1.52. The molecule has 0 bridgehead atoms. The van der Waals surface area contributed by atoms with E-state index in [-0.39, 0.29) is 11.9 Å². The molecule has 0 radical (unpaired) electrons. The number of rotatable bonds is 6. The van der Waals surface area contributed by atoms with Gasteiger partial charge in [0.1, 0.15) is 5.82 Å². The van der Waals surface area contributed by atoms with E-state index in [9.17, 15) is 4.79 Å². The first-order chi connectivity index (χ1) is 12.1. The lowest BCUT2D eigenvalue weighted by Gasteiger charge is -2.34. The zero-order valence-electron chi connectivity index (χ0n) is 15.6. The summed E-state index contributed by atoms with van der Waals surface area (Å²) in [5.74, 6) is 2.37. The third-order valence-electron chi connectivity index (χ3n) is 5.57. The quantitative estimate of drug-likeness (QED) is 0.778. The minimum absolute atomic E-state index is 0.0600. The van der Waals surface area contributed by atoms with E-state index >= 15 is 0 Å². The van der Waals surface area contributed by atoms with Gasteiger partial charge in [-0.1, -0.05) is 11.6 Å². The molecule has 25 heavy (non-hydrogen) atoms. The molecule has 2 aliphatic rings. The van der Waals surface area contributed by atoms with Crippen LogP contribution in [0.4, 0.5) is 0 Å². The smallest absolute Gasteiger partial charge is 0.237 e. The molecule has 1 fully saturated rings. The topological polar surface area (TPSA) is 73.9 Å². The van der Waals surface area contributed by atoms with E-state index < -0.39 is 0 Å². The van der Waals surface area contributed by atoms with Gasteiger partial charge in [-0.05, 0) is 71.9 Å². The third-order valence-corrected chi connectivity index (χ3v) is 5.57. The Kier molecular flexibility index (Phi) is 6.24. The second-order valence-corrected chi connectivity index (χ2v) is 7.41. The molecule has 1 unspecified atom stereocenters. The molecule has 1 atom stereocenters. The molecule has 138 valence electrons. The maximum atomic E-state index is 12.4. The number of carbonyl (C=O) groups excluding carboxylic acids is 1. The second-order valence-electron chi connectivity index (χ2n) is 7.41. The highest BCUT2D eigenvalue weighted by atomic mass is 16.2. The average molecular weight is 345 g/mol. The Hall–Kier alpha value is -1.69. The molecule has 0 aromatic carbocycles. The number of aryl methyl sites for hydroxylation is 1. The molecule has 3 rings (SSSR count). The minimum atomic E-state index is -0.0600. The molecule has 1 saturated heterocycles. The summed E-state index contributed by atoms with van der Waals surface area (Å²) < 4.78 is 0. The monoisotopic (exact) mass is 345 g/mol. The van der Waals surface area contributed by atoms with E-state index in [2.05, 4.69) is 31.5 Å². The van der Waals surface area contributed by atoms with Crippen molar-refractivity contribution < 1.29 is 4.79 Å². The molecule has 1 amide bonds. The van der Waals surface area contributed by atoms with Crippen LogP contribution in [0.15, 0.2) is 11.6 Å². The van der Waals surface area contributed by atoms with Gasteiger partial charge in [-0.25, -0.2) is 4.98 Å². The van der Waals surface area contributed by atoms with Gasteiger partial charge in [0.2, 0.25) is 5.91 Å². The SMILES string of the molecule is Cc1nc(C2CCN(C(C)C(=O)NCCC3=CCCCC3)CC2)n[nH]1. The summed E-state index contributed by atoms with van der Waals surface area (Å²) in [7, 11) is 0. The number of H-pyrrole nitrogens is 1. The predicted octanol–water partition coefficient (Wildman–Crippen LogP) is 2.69. The van der Waals surface area contributed by atoms with Crippen molar-refractivity contribution >= 4 is 5.91 Å². The van der Waals surface area contributed by atoms with Crippen molar-refractivity contribution in [2.75, 3.05) is 19.6 Å². The van der Waals surface area contributed by atoms with Gasteiger partial charge in [0.05, 0.1) is 6.04 Å². The van der Waals surface area contributed by atoms with Crippen LogP contribution in [0.25, 0.3) is 0 Å². The normalized spacial score (nSPS) is 21.0. The summed E-state index contributed by atoms with van der Waals surface area (Å²) in [6, 6.07) is -0.0600. The van der Waals surface area contributed by atoms with E-state index in [4.69, 9.17) is 0 Å². The summed E-state index contributed by atoms with van der Waals surface area (Å²) in [6.07, 6.45) is 10.4. The molecule has 1 aromatic heterocycles. The van der Waals surface area contributed by atoms with Crippen LogP contribution in [0.3, 0.4) is 0 Å². The highest BCUT2D eigenvalue weighted by molar-refractivity contribution is 5.81. The third kappa shape index (κ3) is 4.91. The number of piperidine rings is 1. The largest absolute Gasteiger partial charge is 0.354 e. The van der Waals surface area contributed by atoms with Gasteiger partial charge in [0.15, 0.2) is 5.82 Å². The van der Waals surface area contributed by atoms with Gasteiger partial charge in [-0.15, -0.1) is 0 Å². The van der Waals surface area contributed by atoms with Gasteiger partial charge in [0, 0.05) is 12.5 Å². The van der Waals surface area contributed by atoms with Crippen LogP contribution in [-0.2, 0) is 4.79 Å². The average Bonchev–Trinajstić information content (AvgIpc) is 3.08. The number of allylic oxidation sites excluding steroid dienone is 1. The lowest BCUT2D eigenvalue weighted by Crippen LogP contribution is -2.48. The highest BCUT2D eigenvalue weighted by Crippen LogP contribution is 2.26. The molecule has 6 nitrogen and oxygen atoms in total. The minimum Gasteiger partial charge on any atom is -0.354 e. The fraction of sp³-hybridized carbons (Fsp3) is 0.737. The Morgan fingerprint density at radius 2 is 2.20 bits per heavy atom. The summed E-state index contributed by atoms with van der Waals surface area (Å²) in [5, 5.41) is 10.3. The number of amides is 1. The molecule has 0 saturated carbocycles. The molecule has 1 aliphatic carbocycles. The first-order valence-electron chi connectivity index (χ1n) is 9.72. The fourth-order valence-corrected chi connectivity index (χ4v) is 3.88. The Morgan fingerprint density at radius 3 is 2.84 bits per heavy atom. The van der Waals surface area contributed by atoms with E-state index in [1.807, 2.05) is 13.8 Å². The van der Waals surface area contributed by atoms with E-state index in [0.717, 1.165) is 50.5 Å². The number of nitrogens with one attached hydrogen (secondary N) is 2. The van der Waals surface area contributed by atoms with Gasteiger partial charge >= 0.3 is 0 Å². The summed E-state index contributed by atoms with van der Waals surface area (Å²) in [4.78, 5) is 19.2. The standard InChI is InChI=1S/C19H31N5O/c1-14(19(25)20-11-8-16-6-4-3-5-7-16)24-12-9-17(10-13-24)18-21-15(2)22-23-18/h6,14,17H,3-5,7-13H2,1-2H3,(H,20,25)(H,21,22,23). The number of hydrogen-bond acceptors (Lipinski definition) is 4. The van der Waals surface area contributed by atoms with Crippen molar-refractivity contribution in [1.82, 2.24) is 25.4 Å². The van der Waals surface area contributed by atoms with Crippen molar-refractivity contribution in [3.63, 3.8) is 0 Å². The van der Waals surface area contributed by atoms with Gasteiger partial charge < -0.3 is 5.32 Å². The predicted molar refractivity (Wildman–Crippen MR) is 98.3 cm³/mol. The van der Waals surface area contributed by atoms with Crippen LogP contribution in [-0.4, -0.2) is 51.7 Å². The molecule has 1 aromatic rings.